The Bertz CT molecular complexity index is 1110. The summed E-state index contributed by atoms with van der Waals surface area (Å²) in [5.41, 5.74) is 7.11. The summed E-state index contributed by atoms with van der Waals surface area (Å²) in [6.45, 7) is 5.12. The second kappa shape index (κ2) is 8.26. The summed E-state index contributed by atoms with van der Waals surface area (Å²) < 4.78 is 3.44. The van der Waals surface area contributed by atoms with Crippen molar-refractivity contribution < 1.29 is 4.79 Å². The van der Waals surface area contributed by atoms with Crippen LogP contribution in [-0.4, -0.2) is 22.5 Å². The van der Waals surface area contributed by atoms with Crippen molar-refractivity contribution in [2.45, 2.75) is 46.1 Å². The van der Waals surface area contributed by atoms with Gasteiger partial charge in [0.25, 0.3) is 5.91 Å². The Morgan fingerprint density at radius 3 is 2.71 bits per heavy atom. The van der Waals surface area contributed by atoms with Crippen molar-refractivity contribution in [3.05, 3.63) is 63.0 Å². The lowest BCUT2D eigenvalue weighted by molar-refractivity contribution is 0.0997. The monoisotopic (exact) mass is 410 g/mol. The van der Waals surface area contributed by atoms with E-state index in [1.165, 1.54) is 45.3 Å². The highest BCUT2D eigenvalue weighted by molar-refractivity contribution is 7.98. The fourth-order valence-corrected chi connectivity index (χ4v) is 5.48. The molecule has 0 fully saturated rings. The van der Waals surface area contributed by atoms with Gasteiger partial charge in [-0.15, -0.1) is 0 Å². The number of rotatable bonds is 4. The van der Waals surface area contributed by atoms with Gasteiger partial charge in [-0.2, -0.15) is 16.8 Å². The third-order valence-electron chi connectivity index (χ3n) is 5.43. The number of hydrogen-bond donors (Lipinski definition) is 0. The summed E-state index contributed by atoms with van der Waals surface area (Å²) in [5, 5.41) is 0. The zero-order valence-corrected chi connectivity index (χ0v) is 18.4. The summed E-state index contributed by atoms with van der Waals surface area (Å²) >= 11 is 3.44. The van der Waals surface area contributed by atoms with E-state index in [1.54, 1.807) is 11.3 Å². The van der Waals surface area contributed by atoms with Crippen molar-refractivity contribution in [2.75, 3.05) is 12.0 Å². The van der Waals surface area contributed by atoms with Gasteiger partial charge in [0.05, 0.1) is 10.2 Å². The molecule has 1 aliphatic rings. The maximum atomic E-state index is 13.0. The third-order valence-corrected chi connectivity index (χ3v) is 7.25. The zero-order valence-electron chi connectivity index (χ0n) is 16.7. The summed E-state index contributed by atoms with van der Waals surface area (Å²) in [4.78, 5) is 18.4. The molecule has 0 bridgehead atoms. The first-order chi connectivity index (χ1) is 13.6. The second-order valence-corrected chi connectivity index (χ2v) is 9.53. The van der Waals surface area contributed by atoms with Gasteiger partial charge >= 0.3 is 0 Å². The highest BCUT2D eigenvalue weighted by Crippen LogP contribution is 2.25. The average Bonchev–Trinajstić information content (AvgIpc) is 3.03. The van der Waals surface area contributed by atoms with Crippen molar-refractivity contribution in [3.63, 3.8) is 0 Å². The Morgan fingerprint density at radius 1 is 1.14 bits per heavy atom. The Balaban J connectivity index is 1.79. The molecule has 0 atom stereocenters. The molecule has 1 heterocycles. The number of fused-ring (bicyclic) bond motifs is 2. The molecular weight excluding hydrogens is 384 g/mol. The fourth-order valence-electron chi connectivity index (χ4n) is 4.01. The molecule has 1 aromatic heterocycles. The second-order valence-electron chi connectivity index (χ2n) is 7.57. The fraction of sp³-hybridized carbons (Fsp3) is 0.391. The van der Waals surface area contributed by atoms with Crippen molar-refractivity contribution in [3.8, 4) is 0 Å². The molecule has 28 heavy (non-hydrogen) atoms. The lowest BCUT2D eigenvalue weighted by atomic mass is 9.90. The molecule has 4 rings (SSSR count). The molecule has 3 aromatic rings. The van der Waals surface area contributed by atoms with Gasteiger partial charge < -0.3 is 4.57 Å². The quantitative estimate of drug-likeness (QED) is 0.585. The number of thioether (sulfide) groups is 1. The standard InChI is InChI=1S/C23H26N2OS2/c1-15-12-16(2)21-20(13-15)25(10-11-27-3)23(28-21)24-22(26)19-9-8-17-6-4-5-7-18(17)14-19/h8-9,12-14H,4-7,10-11H2,1-3H3. The van der Waals surface area contributed by atoms with Gasteiger partial charge in [-0.3, -0.25) is 4.79 Å². The van der Waals surface area contributed by atoms with Crippen molar-refractivity contribution in [1.29, 1.82) is 0 Å². The van der Waals surface area contributed by atoms with Gasteiger partial charge in [-0.05, 0) is 86.2 Å². The third kappa shape index (κ3) is 3.83. The van der Waals surface area contributed by atoms with Gasteiger partial charge in [-0.1, -0.05) is 23.5 Å². The van der Waals surface area contributed by atoms with Gasteiger partial charge in [0.1, 0.15) is 0 Å². The SMILES string of the molecule is CSCCn1c(=NC(=O)c2ccc3c(c2)CCCC3)sc2c(C)cc(C)cc21. The molecule has 5 heteroatoms. The molecule has 0 saturated heterocycles. The molecule has 1 amide bonds. The van der Waals surface area contributed by atoms with Crippen LogP contribution in [0.2, 0.25) is 0 Å². The number of aromatic nitrogens is 1. The lowest BCUT2D eigenvalue weighted by Crippen LogP contribution is -2.18. The number of carbonyl (C=O) groups excluding carboxylic acids is 1. The Morgan fingerprint density at radius 2 is 1.93 bits per heavy atom. The molecule has 0 N–H and O–H groups in total. The van der Waals surface area contributed by atoms with E-state index in [4.69, 9.17) is 0 Å². The van der Waals surface area contributed by atoms with Crippen LogP contribution in [0.1, 0.15) is 45.5 Å². The van der Waals surface area contributed by atoms with E-state index in [1.807, 2.05) is 17.8 Å². The number of thiazole rings is 1. The molecular formula is C23H26N2OS2. The van der Waals surface area contributed by atoms with E-state index in [2.05, 4.69) is 53.9 Å². The molecule has 146 valence electrons. The normalized spacial score (nSPS) is 14.5. The van der Waals surface area contributed by atoms with Crippen LogP contribution in [0.3, 0.4) is 0 Å². The van der Waals surface area contributed by atoms with Crippen LogP contribution in [0.15, 0.2) is 35.3 Å². The minimum atomic E-state index is -0.132. The number of hydrogen-bond acceptors (Lipinski definition) is 3. The molecule has 2 aromatic carbocycles. The number of aryl methyl sites for hydroxylation is 5. The van der Waals surface area contributed by atoms with Crippen LogP contribution in [0.4, 0.5) is 0 Å². The summed E-state index contributed by atoms with van der Waals surface area (Å²) in [7, 11) is 0. The Labute approximate surface area is 174 Å². The summed E-state index contributed by atoms with van der Waals surface area (Å²) in [6.07, 6.45) is 6.78. The van der Waals surface area contributed by atoms with E-state index >= 15 is 0 Å². The summed E-state index contributed by atoms with van der Waals surface area (Å²) in [6, 6.07) is 10.5. The van der Waals surface area contributed by atoms with Crippen molar-refractivity contribution in [1.82, 2.24) is 4.57 Å². The van der Waals surface area contributed by atoms with Gasteiger partial charge in [0.2, 0.25) is 0 Å². The smallest absolute Gasteiger partial charge is 0.279 e. The van der Waals surface area contributed by atoms with Crippen LogP contribution >= 0.6 is 23.1 Å². The van der Waals surface area contributed by atoms with E-state index < -0.39 is 0 Å². The van der Waals surface area contributed by atoms with Crippen molar-refractivity contribution >= 4 is 39.2 Å². The van der Waals surface area contributed by atoms with Gasteiger partial charge in [-0.25, -0.2) is 0 Å². The minimum absolute atomic E-state index is 0.132. The van der Waals surface area contributed by atoms with Gasteiger partial charge in [0.15, 0.2) is 4.80 Å². The lowest BCUT2D eigenvalue weighted by Gasteiger charge is -2.15. The maximum absolute atomic E-state index is 13.0. The number of benzene rings is 2. The molecule has 0 unspecified atom stereocenters. The molecule has 0 saturated carbocycles. The van der Waals surface area contributed by atoms with Crippen LogP contribution in [-0.2, 0) is 19.4 Å². The molecule has 0 spiro atoms. The average molecular weight is 411 g/mol. The predicted octanol–water partition coefficient (Wildman–Crippen LogP) is 5.30. The Hall–Kier alpha value is -1.85. The van der Waals surface area contributed by atoms with E-state index in [0.29, 0.717) is 5.56 Å². The molecule has 3 nitrogen and oxygen atoms in total. The van der Waals surface area contributed by atoms with Crippen LogP contribution in [0.25, 0.3) is 10.2 Å². The molecule has 1 aliphatic carbocycles. The first kappa shape index (κ1) is 19.5. The molecule has 0 aliphatic heterocycles. The first-order valence-corrected chi connectivity index (χ1v) is 12.1. The Kier molecular flexibility index (Phi) is 5.74. The van der Waals surface area contributed by atoms with E-state index in [9.17, 15) is 4.79 Å². The predicted molar refractivity (Wildman–Crippen MR) is 121 cm³/mol. The van der Waals surface area contributed by atoms with Crippen molar-refractivity contribution in [2.24, 2.45) is 4.99 Å². The van der Waals surface area contributed by atoms with Gasteiger partial charge in [0, 0.05) is 17.9 Å². The topological polar surface area (TPSA) is 34.4 Å². The zero-order chi connectivity index (χ0) is 19.7. The molecule has 0 radical (unpaired) electrons. The van der Waals surface area contributed by atoms with E-state index in [-0.39, 0.29) is 5.91 Å². The van der Waals surface area contributed by atoms with Crippen LogP contribution in [0.5, 0.6) is 0 Å². The van der Waals surface area contributed by atoms with Crippen LogP contribution in [0, 0.1) is 13.8 Å². The number of amides is 1. The van der Waals surface area contributed by atoms with Crippen LogP contribution < -0.4 is 4.80 Å². The first-order valence-electron chi connectivity index (χ1n) is 9.87. The number of nitrogens with zero attached hydrogens (tertiary/aromatic N) is 2. The largest absolute Gasteiger partial charge is 0.315 e. The highest BCUT2D eigenvalue weighted by atomic mass is 32.2. The highest BCUT2D eigenvalue weighted by Gasteiger charge is 2.14. The maximum Gasteiger partial charge on any atom is 0.279 e. The minimum Gasteiger partial charge on any atom is -0.315 e. The van der Waals surface area contributed by atoms with E-state index in [0.717, 1.165) is 29.9 Å². The number of carbonyl (C=O) groups is 1. The summed E-state index contributed by atoms with van der Waals surface area (Å²) in [5.74, 6) is 0.867.